The molecular weight excluding hydrogens is 294 g/mol. The second kappa shape index (κ2) is 6.08. The summed E-state index contributed by atoms with van der Waals surface area (Å²) in [6.07, 6.45) is 2.58. The quantitative estimate of drug-likeness (QED) is 0.628. The molecule has 0 aliphatic heterocycles. The van der Waals surface area contributed by atoms with Crippen LogP contribution in [0.5, 0.6) is 0 Å². The molecule has 0 radical (unpaired) electrons. The Bertz CT molecular complexity index is 645. The molecule has 1 aliphatic carbocycles. The summed E-state index contributed by atoms with van der Waals surface area (Å²) in [6, 6.07) is 3.74. The molecule has 2 rings (SSSR count). The Labute approximate surface area is 123 Å². The number of hydrogen-bond donors (Lipinski definition) is 2. The van der Waals surface area contributed by atoms with Crippen LogP contribution < -0.4 is 10.5 Å². The minimum absolute atomic E-state index is 0.0810. The van der Waals surface area contributed by atoms with Crippen LogP contribution in [0.4, 0.5) is 5.69 Å². The largest absolute Gasteiger partial charge is 0.330 e. The predicted octanol–water partition coefficient (Wildman–Crippen LogP) is 1.31. The highest BCUT2D eigenvalue weighted by molar-refractivity contribution is 7.89. The van der Waals surface area contributed by atoms with Gasteiger partial charge < -0.3 is 5.73 Å². The molecule has 8 heteroatoms. The third kappa shape index (κ3) is 3.39. The Balaban J connectivity index is 2.27. The van der Waals surface area contributed by atoms with Crippen molar-refractivity contribution in [1.29, 1.82) is 0 Å². The molecule has 1 saturated carbocycles. The van der Waals surface area contributed by atoms with Crippen LogP contribution in [0.15, 0.2) is 23.1 Å². The van der Waals surface area contributed by atoms with Crippen LogP contribution in [0.3, 0.4) is 0 Å². The number of nitrogens with one attached hydrogen (secondary N) is 1. The molecule has 0 spiro atoms. The second-order valence-electron chi connectivity index (χ2n) is 5.36. The third-order valence-electron chi connectivity index (χ3n) is 3.96. The number of sulfonamides is 1. The van der Waals surface area contributed by atoms with Crippen molar-refractivity contribution in [1.82, 2.24) is 4.72 Å². The average Bonchev–Trinajstić information content (AvgIpc) is 2.85. The smallest absolute Gasteiger partial charge is 0.273 e. The molecule has 3 N–H and O–H groups in total. The van der Waals surface area contributed by atoms with Crippen molar-refractivity contribution in [3.8, 4) is 0 Å². The van der Waals surface area contributed by atoms with Crippen molar-refractivity contribution in [2.24, 2.45) is 11.7 Å². The minimum Gasteiger partial charge on any atom is -0.330 e. The average molecular weight is 313 g/mol. The molecule has 0 bridgehead atoms. The van der Waals surface area contributed by atoms with Crippen molar-refractivity contribution < 1.29 is 13.3 Å². The lowest BCUT2D eigenvalue weighted by molar-refractivity contribution is -0.385. The van der Waals surface area contributed by atoms with Crippen molar-refractivity contribution in [3.05, 3.63) is 33.9 Å². The standard InChI is InChI=1S/C13H19N3O4S/c1-9-5-6-11(7-13(9)16(17)18)21(19,20)15-12-4-2-3-10(12)8-14/h5-7,10,12,15H,2-4,8,14H2,1H3/t10-,12-/m0/s1. The van der Waals surface area contributed by atoms with E-state index < -0.39 is 14.9 Å². The molecule has 116 valence electrons. The Morgan fingerprint density at radius 1 is 1.43 bits per heavy atom. The van der Waals surface area contributed by atoms with E-state index in [-0.39, 0.29) is 22.5 Å². The Kier molecular flexibility index (Phi) is 4.60. The first kappa shape index (κ1) is 15.9. The van der Waals surface area contributed by atoms with Crippen LogP contribution in [0.2, 0.25) is 0 Å². The van der Waals surface area contributed by atoms with Crippen molar-refractivity contribution >= 4 is 15.7 Å². The highest BCUT2D eigenvalue weighted by Crippen LogP contribution is 2.27. The number of nitro groups is 1. The summed E-state index contributed by atoms with van der Waals surface area (Å²) in [7, 11) is -3.77. The van der Waals surface area contributed by atoms with E-state index in [4.69, 9.17) is 5.73 Å². The number of nitro benzene ring substituents is 1. The van der Waals surface area contributed by atoms with Gasteiger partial charge in [-0.25, -0.2) is 13.1 Å². The Morgan fingerprint density at radius 3 is 2.76 bits per heavy atom. The zero-order valence-corrected chi connectivity index (χ0v) is 12.6. The summed E-state index contributed by atoms with van der Waals surface area (Å²) < 4.78 is 27.4. The third-order valence-corrected chi connectivity index (χ3v) is 5.44. The van der Waals surface area contributed by atoms with Crippen LogP contribution in [-0.2, 0) is 10.0 Å². The van der Waals surface area contributed by atoms with Crippen LogP contribution >= 0.6 is 0 Å². The molecule has 21 heavy (non-hydrogen) atoms. The maximum absolute atomic E-state index is 12.4. The number of hydrogen-bond acceptors (Lipinski definition) is 5. The van der Waals surface area contributed by atoms with E-state index in [2.05, 4.69) is 4.72 Å². The lowest BCUT2D eigenvalue weighted by Gasteiger charge is -2.19. The number of aryl methyl sites for hydroxylation is 1. The van der Waals surface area contributed by atoms with Gasteiger partial charge in [0.25, 0.3) is 5.69 Å². The summed E-state index contributed by atoms with van der Waals surface area (Å²) in [5.41, 5.74) is 5.88. The Hall–Kier alpha value is -1.51. The fraction of sp³-hybridized carbons (Fsp3) is 0.538. The maximum Gasteiger partial charge on any atom is 0.273 e. The van der Waals surface area contributed by atoms with Gasteiger partial charge >= 0.3 is 0 Å². The van der Waals surface area contributed by atoms with E-state index in [9.17, 15) is 18.5 Å². The SMILES string of the molecule is Cc1ccc(S(=O)(=O)N[C@H]2CCC[C@H]2CN)cc1[N+](=O)[O-]. The number of benzene rings is 1. The van der Waals surface area contributed by atoms with Gasteiger partial charge in [-0.1, -0.05) is 12.5 Å². The first-order valence-electron chi connectivity index (χ1n) is 6.82. The van der Waals surface area contributed by atoms with E-state index in [1.165, 1.54) is 12.1 Å². The highest BCUT2D eigenvalue weighted by atomic mass is 32.2. The summed E-state index contributed by atoms with van der Waals surface area (Å²) in [6.45, 7) is 2.00. The normalized spacial score (nSPS) is 22.4. The molecule has 1 aromatic carbocycles. The monoisotopic (exact) mass is 313 g/mol. The van der Waals surface area contributed by atoms with Crippen LogP contribution in [-0.4, -0.2) is 25.9 Å². The molecular formula is C13H19N3O4S. The van der Waals surface area contributed by atoms with Gasteiger partial charge in [0.15, 0.2) is 0 Å². The van der Waals surface area contributed by atoms with Crippen LogP contribution in [0.25, 0.3) is 0 Å². The van der Waals surface area contributed by atoms with Crippen molar-refractivity contribution in [2.75, 3.05) is 6.54 Å². The molecule has 0 saturated heterocycles. The van der Waals surface area contributed by atoms with Gasteiger partial charge in [0.05, 0.1) is 9.82 Å². The summed E-state index contributed by atoms with van der Waals surface area (Å²) in [5.74, 6) is 0.125. The zero-order valence-electron chi connectivity index (χ0n) is 11.8. The fourth-order valence-corrected chi connectivity index (χ4v) is 4.05. The highest BCUT2D eigenvalue weighted by Gasteiger charge is 2.31. The molecule has 1 aromatic rings. The van der Waals surface area contributed by atoms with E-state index in [0.717, 1.165) is 25.3 Å². The van der Waals surface area contributed by atoms with Gasteiger partial charge in [-0.15, -0.1) is 0 Å². The van der Waals surface area contributed by atoms with Gasteiger partial charge in [0.1, 0.15) is 0 Å². The zero-order chi connectivity index (χ0) is 15.6. The number of nitrogens with zero attached hydrogens (tertiary/aromatic N) is 1. The molecule has 0 unspecified atom stereocenters. The maximum atomic E-state index is 12.4. The second-order valence-corrected chi connectivity index (χ2v) is 7.07. The van der Waals surface area contributed by atoms with Crippen molar-refractivity contribution in [3.63, 3.8) is 0 Å². The first-order chi connectivity index (χ1) is 9.85. The van der Waals surface area contributed by atoms with E-state index >= 15 is 0 Å². The summed E-state index contributed by atoms with van der Waals surface area (Å²) >= 11 is 0. The lowest BCUT2D eigenvalue weighted by Crippen LogP contribution is -2.39. The first-order valence-corrected chi connectivity index (χ1v) is 8.31. The van der Waals surface area contributed by atoms with Gasteiger partial charge in [0.2, 0.25) is 10.0 Å². The van der Waals surface area contributed by atoms with Crippen molar-refractivity contribution in [2.45, 2.75) is 37.1 Å². The van der Waals surface area contributed by atoms with Gasteiger partial charge in [-0.3, -0.25) is 10.1 Å². The summed E-state index contributed by atoms with van der Waals surface area (Å²) in [4.78, 5) is 10.3. The minimum atomic E-state index is -3.77. The molecule has 0 amide bonds. The van der Waals surface area contributed by atoms with E-state index in [1.54, 1.807) is 6.92 Å². The summed E-state index contributed by atoms with van der Waals surface area (Å²) in [5, 5.41) is 10.9. The van der Waals surface area contributed by atoms with Crippen LogP contribution in [0.1, 0.15) is 24.8 Å². The molecule has 0 heterocycles. The molecule has 1 fully saturated rings. The van der Waals surface area contributed by atoms with Crippen LogP contribution in [0, 0.1) is 23.0 Å². The van der Waals surface area contributed by atoms with Gasteiger partial charge in [0, 0.05) is 17.7 Å². The fourth-order valence-electron chi connectivity index (χ4n) is 2.69. The molecule has 0 aromatic heterocycles. The number of nitrogens with two attached hydrogens (primary N) is 1. The van der Waals surface area contributed by atoms with E-state index in [1.807, 2.05) is 0 Å². The van der Waals surface area contributed by atoms with Gasteiger partial charge in [-0.2, -0.15) is 0 Å². The lowest BCUT2D eigenvalue weighted by atomic mass is 10.1. The molecule has 1 aliphatic rings. The number of rotatable bonds is 5. The molecule has 7 nitrogen and oxygen atoms in total. The Morgan fingerprint density at radius 2 is 2.14 bits per heavy atom. The molecule has 2 atom stereocenters. The van der Waals surface area contributed by atoms with Gasteiger partial charge in [-0.05, 0) is 38.3 Å². The predicted molar refractivity (Wildman–Crippen MR) is 78.3 cm³/mol. The topological polar surface area (TPSA) is 115 Å². The van der Waals surface area contributed by atoms with E-state index in [0.29, 0.717) is 12.1 Å².